The molecule has 2 aromatic rings. The zero-order valence-corrected chi connectivity index (χ0v) is 12.9. The van der Waals surface area contributed by atoms with Crippen molar-refractivity contribution in [2.24, 2.45) is 0 Å². The third kappa shape index (κ3) is 4.15. The van der Waals surface area contributed by atoms with Gasteiger partial charge in [0.05, 0.1) is 6.54 Å². The van der Waals surface area contributed by atoms with Crippen molar-refractivity contribution in [1.29, 1.82) is 0 Å². The van der Waals surface area contributed by atoms with Crippen molar-refractivity contribution in [3.8, 4) is 0 Å². The molecule has 114 valence electrons. The van der Waals surface area contributed by atoms with Crippen molar-refractivity contribution in [3.63, 3.8) is 0 Å². The summed E-state index contributed by atoms with van der Waals surface area (Å²) in [6.45, 7) is 5.75. The Bertz CT molecular complexity index is 694. The fourth-order valence-electron chi connectivity index (χ4n) is 1.87. The van der Waals surface area contributed by atoms with Crippen LogP contribution in [0.5, 0.6) is 0 Å². The fourth-order valence-corrected chi connectivity index (χ4v) is 1.87. The topological polar surface area (TPSA) is 71.1 Å². The van der Waals surface area contributed by atoms with Crippen molar-refractivity contribution >= 4 is 17.6 Å². The molecule has 0 saturated carbocycles. The Morgan fingerprint density at radius 2 is 1.82 bits per heavy atom. The van der Waals surface area contributed by atoms with Crippen LogP contribution in [0.25, 0.3) is 0 Å². The number of benzene rings is 1. The lowest BCUT2D eigenvalue weighted by Gasteiger charge is -2.08. The SMILES string of the molecule is Cc1ccc(NC(=O)CNC(=O)c2ccc(C)c(C)c2)nc1. The van der Waals surface area contributed by atoms with Gasteiger partial charge in [-0.15, -0.1) is 0 Å². The molecule has 0 radical (unpaired) electrons. The lowest BCUT2D eigenvalue weighted by atomic mass is 10.1. The molecule has 0 aliphatic rings. The van der Waals surface area contributed by atoms with Gasteiger partial charge in [0.25, 0.3) is 5.91 Å². The second kappa shape index (κ2) is 6.85. The lowest BCUT2D eigenvalue weighted by Crippen LogP contribution is -2.33. The van der Waals surface area contributed by atoms with Crippen LogP contribution in [-0.2, 0) is 4.79 Å². The number of aromatic nitrogens is 1. The normalized spacial score (nSPS) is 10.1. The number of amides is 2. The molecule has 0 aliphatic carbocycles. The summed E-state index contributed by atoms with van der Waals surface area (Å²) in [7, 11) is 0. The first kappa shape index (κ1) is 15.7. The molecule has 1 aromatic carbocycles. The number of nitrogens with zero attached hydrogens (tertiary/aromatic N) is 1. The molecular formula is C17H19N3O2. The van der Waals surface area contributed by atoms with E-state index in [0.717, 1.165) is 16.7 Å². The van der Waals surface area contributed by atoms with Gasteiger partial charge < -0.3 is 10.6 Å². The smallest absolute Gasteiger partial charge is 0.251 e. The van der Waals surface area contributed by atoms with Crippen LogP contribution in [0.2, 0.25) is 0 Å². The van der Waals surface area contributed by atoms with Gasteiger partial charge in [-0.2, -0.15) is 0 Å². The molecule has 22 heavy (non-hydrogen) atoms. The Kier molecular flexibility index (Phi) is 4.88. The van der Waals surface area contributed by atoms with E-state index < -0.39 is 0 Å². The molecule has 2 amide bonds. The number of anilines is 1. The number of pyridine rings is 1. The van der Waals surface area contributed by atoms with Gasteiger partial charge in [-0.3, -0.25) is 9.59 Å². The number of rotatable bonds is 4. The molecule has 0 bridgehead atoms. The van der Waals surface area contributed by atoms with Crippen molar-refractivity contribution < 1.29 is 9.59 Å². The monoisotopic (exact) mass is 297 g/mol. The highest BCUT2D eigenvalue weighted by Crippen LogP contribution is 2.09. The zero-order valence-electron chi connectivity index (χ0n) is 12.9. The predicted molar refractivity (Wildman–Crippen MR) is 85.9 cm³/mol. The molecule has 2 N–H and O–H groups in total. The van der Waals surface area contributed by atoms with Crippen LogP contribution >= 0.6 is 0 Å². The minimum absolute atomic E-state index is 0.0959. The molecule has 0 fully saturated rings. The summed E-state index contributed by atoms with van der Waals surface area (Å²) in [5.41, 5.74) is 3.73. The van der Waals surface area contributed by atoms with E-state index in [1.54, 1.807) is 18.3 Å². The van der Waals surface area contributed by atoms with Crippen molar-refractivity contribution in [2.45, 2.75) is 20.8 Å². The summed E-state index contributed by atoms with van der Waals surface area (Å²) in [5, 5.41) is 5.23. The Hall–Kier alpha value is -2.69. The molecule has 2 rings (SSSR count). The highest BCUT2D eigenvalue weighted by molar-refractivity contribution is 5.99. The van der Waals surface area contributed by atoms with Crippen molar-refractivity contribution in [1.82, 2.24) is 10.3 Å². The van der Waals surface area contributed by atoms with Gasteiger partial charge >= 0.3 is 0 Å². The van der Waals surface area contributed by atoms with Crippen LogP contribution in [0.1, 0.15) is 27.0 Å². The Balaban J connectivity index is 1.88. The van der Waals surface area contributed by atoms with E-state index in [9.17, 15) is 9.59 Å². The number of carbonyl (C=O) groups is 2. The highest BCUT2D eigenvalue weighted by atomic mass is 16.2. The molecule has 0 saturated heterocycles. The van der Waals surface area contributed by atoms with Crippen molar-refractivity contribution in [3.05, 3.63) is 58.8 Å². The summed E-state index contributed by atoms with van der Waals surface area (Å²) in [6, 6.07) is 9.02. The van der Waals surface area contributed by atoms with E-state index >= 15 is 0 Å². The van der Waals surface area contributed by atoms with Crippen LogP contribution < -0.4 is 10.6 Å². The standard InChI is InChI=1S/C17H19N3O2/c1-11-4-7-15(18-9-11)20-16(21)10-19-17(22)14-6-5-12(2)13(3)8-14/h4-9H,10H2,1-3H3,(H,19,22)(H,18,20,21). The largest absolute Gasteiger partial charge is 0.343 e. The highest BCUT2D eigenvalue weighted by Gasteiger charge is 2.09. The van der Waals surface area contributed by atoms with Gasteiger partial charge in [0.15, 0.2) is 0 Å². The van der Waals surface area contributed by atoms with Crippen molar-refractivity contribution in [2.75, 3.05) is 11.9 Å². The maximum Gasteiger partial charge on any atom is 0.251 e. The van der Waals surface area contributed by atoms with Crippen LogP contribution in [0.15, 0.2) is 36.5 Å². The second-order valence-electron chi connectivity index (χ2n) is 5.25. The Labute approximate surface area is 129 Å². The minimum Gasteiger partial charge on any atom is -0.343 e. The molecule has 0 aliphatic heterocycles. The average Bonchev–Trinajstić information content (AvgIpc) is 2.50. The van der Waals surface area contributed by atoms with Crippen LogP contribution in [0, 0.1) is 20.8 Å². The lowest BCUT2D eigenvalue weighted by molar-refractivity contribution is -0.115. The van der Waals surface area contributed by atoms with Gasteiger partial charge in [-0.25, -0.2) is 4.98 Å². The Morgan fingerprint density at radius 3 is 2.45 bits per heavy atom. The Morgan fingerprint density at radius 1 is 1.05 bits per heavy atom. The summed E-state index contributed by atoms with van der Waals surface area (Å²) in [6.07, 6.45) is 1.67. The molecular weight excluding hydrogens is 278 g/mol. The van der Waals surface area contributed by atoms with E-state index in [2.05, 4.69) is 15.6 Å². The molecule has 1 aromatic heterocycles. The van der Waals surface area contributed by atoms with Crippen LogP contribution in [0.4, 0.5) is 5.82 Å². The van der Waals surface area contributed by atoms with Gasteiger partial charge in [0, 0.05) is 11.8 Å². The van der Waals surface area contributed by atoms with Gasteiger partial charge in [0.2, 0.25) is 5.91 Å². The number of aryl methyl sites for hydroxylation is 3. The summed E-state index contributed by atoms with van der Waals surface area (Å²) < 4.78 is 0. The van der Waals surface area contributed by atoms with Gasteiger partial charge in [-0.05, 0) is 55.7 Å². The summed E-state index contributed by atoms with van der Waals surface area (Å²) >= 11 is 0. The molecule has 0 spiro atoms. The quantitative estimate of drug-likeness (QED) is 0.910. The average molecular weight is 297 g/mol. The van der Waals surface area contributed by atoms with Gasteiger partial charge in [-0.1, -0.05) is 12.1 Å². The number of hydrogen-bond acceptors (Lipinski definition) is 3. The molecule has 5 nitrogen and oxygen atoms in total. The molecule has 5 heteroatoms. The first-order valence-electron chi connectivity index (χ1n) is 7.03. The fraction of sp³-hybridized carbons (Fsp3) is 0.235. The maximum absolute atomic E-state index is 12.0. The van der Waals surface area contributed by atoms with Gasteiger partial charge in [0.1, 0.15) is 5.82 Å². The maximum atomic E-state index is 12.0. The van der Waals surface area contributed by atoms with Crippen LogP contribution in [-0.4, -0.2) is 23.3 Å². The summed E-state index contributed by atoms with van der Waals surface area (Å²) in [4.78, 5) is 27.9. The first-order chi connectivity index (χ1) is 10.5. The molecule has 1 heterocycles. The number of hydrogen-bond donors (Lipinski definition) is 2. The van der Waals surface area contributed by atoms with E-state index in [0.29, 0.717) is 11.4 Å². The predicted octanol–water partition coefficient (Wildman–Crippen LogP) is 2.38. The molecule has 0 unspecified atom stereocenters. The van der Waals surface area contributed by atoms with Crippen LogP contribution in [0.3, 0.4) is 0 Å². The minimum atomic E-state index is -0.312. The number of carbonyl (C=O) groups excluding carboxylic acids is 2. The third-order valence-corrected chi connectivity index (χ3v) is 3.36. The number of nitrogens with one attached hydrogen (secondary N) is 2. The van der Waals surface area contributed by atoms with E-state index in [4.69, 9.17) is 0 Å². The van der Waals surface area contributed by atoms with E-state index in [-0.39, 0.29) is 18.4 Å². The van der Waals surface area contributed by atoms with E-state index in [1.165, 1.54) is 0 Å². The summed E-state index contributed by atoms with van der Waals surface area (Å²) in [5.74, 6) is -0.111. The van der Waals surface area contributed by atoms with E-state index in [1.807, 2.05) is 39.0 Å². The molecule has 0 atom stereocenters. The first-order valence-corrected chi connectivity index (χ1v) is 7.03. The zero-order chi connectivity index (χ0) is 16.1. The third-order valence-electron chi connectivity index (χ3n) is 3.36. The second-order valence-corrected chi connectivity index (χ2v) is 5.25.